The van der Waals surface area contributed by atoms with Gasteiger partial charge in [-0.25, -0.2) is 0 Å². The van der Waals surface area contributed by atoms with Crippen molar-refractivity contribution in [2.45, 2.75) is 26.7 Å². The van der Waals surface area contributed by atoms with E-state index >= 15 is 0 Å². The lowest BCUT2D eigenvalue weighted by Gasteiger charge is -2.32. The Morgan fingerprint density at radius 2 is 2.16 bits per heavy atom. The summed E-state index contributed by atoms with van der Waals surface area (Å²) in [6.07, 6.45) is 2.03. The molecule has 1 fully saturated rings. The van der Waals surface area contributed by atoms with Crippen LogP contribution in [0.5, 0.6) is 0 Å². The Kier molecular flexibility index (Phi) is 7.86. The number of nitrogens with one attached hydrogen (secondary N) is 2. The van der Waals surface area contributed by atoms with Crippen LogP contribution in [0, 0.1) is 5.92 Å². The lowest BCUT2D eigenvalue weighted by atomic mass is 10.00. The molecular formula is C12H27N3O3S. The molecule has 0 spiro atoms. The molecule has 0 aromatic heterocycles. The Morgan fingerprint density at radius 3 is 2.84 bits per heavy atom. The van der Waals surface area contributed by atoms with E-state index in [0.717, 1.165) is 25.9 Å². The number of piperidine rings is 1. The van der Waals surface area contributed by atoms with Crippen molar-refractivity contribution in [2.24, 2.45) is 5.92 Å². The molecule has 0 aromatic carbocycles. The van der Waals surface area contributed by atoms with Crippen molar-refractivity contribution >= 4 is 10.2 Å². The molecule has 7 heteroatoms. The van der Waals surface area contributed by atoms with Crippen molar-refractivity contribution < 1.29 is 13.2 Å². The van der Waals surface area contributed by atoms with Gasteiger partial charge in [-0.15, -0.1) is 0 Å². The van der Waals surface area contributed by atoms with Crippen LogP contribution >= 0.6 is 0 Å². The molecule has 0 bridgehead atoms. The Morgan fingerprint density at radius 1 is 1.37 bits per heavy atom. The van der Waals surface area contributed by atoms with Crippen molar-refractivity contribution in [3.05, 3.63) is 0 Å². The number of nitrogens with zero attached hydrogens (tertiary/aromatic N) is 1. The second kappa shape index (κ2) is 8.86. The van der Waals surface area contributed by atoms with Gasteiger partial charge in [0.15, 0.2) is 0 Å². The van der Waals surface area contributed by atoms with E-state index in [1.165, 1.54) is 0 Å². The highest BCUT2D eigenvalue weighted by Gasteiger charge is 2.28. The van der Waals surface area contributed by atoms with Gasteiger partial charge in [-0.1, -0.05) is 6.92 Å². The lowest BCUT2D eigenvalue weighted by Crippen LogP contribution is -2.48. The van der Waals surface area contributed by atoms with E-state index in [1.807, 2.05) is 6.92 Å². The zero-order chi connectivity index (χ0) is 14.1. The van der Waals surface area contributed by atoms with E-state index in [-0.39, 0.29) is 0 Å². The maximum absolute atomic E-state index is 12.1. The highest BCUT2D eigenvalue weighted by molar-refractivity contribution is 7.87. The summed E-state index contributed by atoms with van der Waals surface area (Å²) in [4.78, 5) is 0. The molecule has 19 heavy (non-hydrogen) atoms. The average molecular weight is 293 g/mol. The summed E-state index contributed by atoms with van der Waals surface area (Å²) >= 11 is 0. The molecule has 1 aliphatic heterocycles. The van der Waals surface area contributed by atoms with Crippen molar-refractivity contribution in [2.75, 3.05) is 45.9 Å². The van der Waals surface area contributed by atoms with Gasteiger partial charge in [0, 0.05) is 26.2 Å². The number of rotatable bonds is 9. The van der Waals surface area contributed by atoms with Crippen molar-refractivity contribution in [1.82, 2.24) is 14.3 Å². The first-order valence-corrected chi connectivity index (χ1v) is 8.57. The summed E-state index contributed by atoms with van der Waals surface area (Å²) in [6.45, 7) is 8.36. The van der Waals surface area contributed by atoms with E-state index in [2.05, 4.69) is 17.0 Å². The fourth-order valence-electron chi connectivity index (χ4n) is 2.24. The van der Waals surface area contributed by atoms with Crippen LogP contribution in [0.4, 0.5) is 0 Å². The average Bonchev–Trinajstić information content (AvgIpc) is 2.42. The minimum absolute atomic E-state index is 0.338. The predicted molar refractivity (Wildman–Crippen MR) is 76.3 cm³/mol. The minimum atomic E-state index is -3.35. The molecule has 114 valence electrons. The molecule has 0 amide bonds. The van der Waals surface area contributed by atoms with Crippen LogP contribution in [-0.2, 0) is 14.9 Å². The van der Waals surface area contributed by atoms with Gasteiger partial charge in [0.05, 0.1) is 6.61 Å². The van der Waals surface area contributed by atoms with Gasteiger partial charge in [0.1, 0.15) is 0 Å². The van der Waals surface area contributed by atoms with Gasteiger partial charge in [-0.2, -0.15) is 17.4 Å². The Hall–Kier alpha value is -0.210. The van der Waals surface area contributed by atoms with Gasteiger partial charge >= 0.3 is 0 Å². The van der Waals surface area contributed by atoms with E-state index in [0.29, 0.717) is 38.8 Å². The molecule has 1 heterocycles. The Labute approximate surface area is 117 Å². The monoisotopic (exact) mass is 293 g/mol. The van der Waals surface area contributed by atoms with Gasteiger partial charge in [-0.3, -0.25) is 0 Å². The van der Waals surface area contributed by atoms with Crippen molar-refractivity contribution in [3.8, 4) is 0 Å². The van der Waals surface area contributed by atoms with Crippen LogP contribution in [0.2, 0.25) is 0 Å². The zero-order valence-corrected chi connectivity index (χ0v) is 12.8. The highest BCUT2D eigenvalue weighted by Crippen LogP contribution is 2.17. The topological polar surface area (TPSA) is 70.7 Å². The van der Waals surface area contributed by atoms with Gasteiger partial charge in [0.2, 0.25) is 0 Å². The van der Waals surface area contributed by atoms with E-state index < -0.39 is 10.2 Å². The molecule has 0 aromatic rings. The quantitative estimate of drug-likeness (QED) is 0.595. The third-order valence-corrected chi connectivity index (χ3v) is 4.82. The lowest BCUT2D eigenvalue weighted by molar-refractivity contribution is 0.152. The fourth-order valence-corrected chi connectivity index (χ4v) is 3.54. The molecule has 1 saturated heterocycles. The summed E-state index contributed by atoms with van der Waals surface area (Å²) in [5.41, 5.74) is 0. The van der Waals surface area contributed by atoms with Crippen LogP contribution in [0.15, 0.2) is 0 Å². The molecule has 1 atom stereocenters. The molecule has 1 aliphatic rings. The first kappa shape index (κ1) is 16.8. The second-order valence-electron chi connectivity index (χ2n) is 4.77. The first-order valence-electron chi connectivity index (χ1n) is 7.13. The molecule has 1 rings (SSSR count). The van der Waals surface area contributed by atoms with Gasteiger partial charge in [0.25, 0.3) is 10.2 Å². The third-order valence-electron chi connectivity index (χ3n) is 3.24. The summed E-state index contributed by atoms with van der Waals surface area (Å²) in [6, 6.07) is 0. The highest BCUT2D eigenvalue weighted by atomic mass is 32.2. The largest absolute Gasteiger partial charge is 0.380 e. The van der Waals surface area contributed by atoms with E-state index in [1.54, 1.807) is 4.31 Å². The maximum Gasteiger partial charge on any atom is 0.279 e. The number of hydrogen-bond donors (Lipinski definition) is 2. The second-order valence-corrected chi connectivity index (χ2v) is 6.53. The SMILES string of the molecule is CCNCC1CCCN(S(=O)(=O)NCCOCC)C1. The van der Waals surface area contributed by atoms with Crippen LogP contribution in [-0.4, -0.2) is 58.7 Å². The van der Waals surface area contributed by atoms with Gasteiger partial charge in [-0.05, 0) is 38.8 Å². The van der Waals surface area contributed by atoms with Gasteiger partial charge < -0.3 is 10.1 Å². The van der Waals surface area contributed by atoms with Crippen LogP contribution in [0.3, 0.4) is 0 Å². The fraction of sp³-hybridized carbons (Fsp3) is 1.00. The van der Waals surface area contributed by atoms with Crippen molar-refractivity contribution in [1.29, 1.82) is 0 Å². The maximum atomic E-state index is 12.1. The van der Waals surface area contributed by atoms with Crippen molar-refractivity contribution in [3.63, 3.8) is 0 Å². The molecule has 2 N–H and O–H groups in total. The summed E-state index contributed by atoms with van der Waals surface area (Å²) in [7, 11) is -3.35. The molecule has 0 saturated carbocycles. The molecular weight excluding hydrogens is 266 g/mol. The van der Waals surface area contributed by atoms with Crippen LogP contribution in [0.25, 0.3) is 0 Å². The Bertz CT molecular complexity index is 335. The predicted octanol–water partition coefficient (Wildman–Crippen LogP) is 0.179. The summed E-state index contributed by atoms with van der Waals surface area (Å²) in [5.74, 6) is 0.414. The minimum Gasteiger partial charge on any atom is -0.380 e. The molecule has 6 nitrogen and oxygen atoms in total. The smallest absolute Gasteiger partial charge is 0.279 e. The molecule has 0 radical (unpaired) electrons. The van der Waals surface area contributed by atoms with Crippen LogP contribution < -0.4 is 10.0 Å². The number of hydrogen-bond acceptors (Lipinski definition) is 4. The first-order chi connectivity index (χ1) is 9.10. The van der Waals surface area contributed by atoms with E-state index in [9.17, 15) is 8.42 Å². The van der Waals surface area contributed by atoms with Crippen LogP contribution in [0.1, 0.15) is 26.7 Å². The molecule has 1 unspecified atom stereocenters. The normalized spacial score (nSPS) is 21.7. The zero-order valence-electron chi connectivity index (χ0n) is 12.0. The summed E-state index contributed by atoms with van der Waals surface area (Å²) < 4.78 is 33.5. The molecule has 0 aliphatic carbocycles. The summed E-state index contributed by atoms with van der Waals surface area (Å²) in [5, 5.41) is 3.29. The van der Waals surface area contributed by atoms with E-state index in [4.69, 9.17) is 4.74 Å². The standard InChI is InChI=1S/C12H27N3O3S/c1-3-13-10-12-6-5-8-15(11-12)19(16,17)14-7-9-18-4-2/h12-14H,3-11H2,1-2H3. The third kappa shape index (κ3) is 6.18. The number of ether oxygens (including phenoxy) is 1. The Balaban J connectivity index is 2.39.